The Kier molecular flexibility index (Phi) is 5.51. The minimum Gasteiger partial charge on any atom is -0.493 e. The fraction of sp³-hybridized carbons (Fsp3) is 0.364. The molecule has 0 unspecified atom stereocenters. The molecular formula is C22H22F3N3O2. The van der Waals surface area contributed by atoms with Crippen molar-refractivity contribution in [1.29, 1.82) is 0 Å². The van der Waals surface area contributed by atoms with Crippen molar-refractivity contribution in [2.75, 3.05) is 27.3 Å². The second-order valence-electron chi connectivity index (χ2n) is 7.33. The van der Waals surface area contributed by atoms with Crippen LogP contribution in [0.2, 0.25) is 0 Å². The number of fused-ring (bicyclic) bond motifs is 2. The standard InChI is InChI=1S/C22H22F3N3O2/c1-29-19-4-3-14(9-20(19)30-2)5-7-28-8-6-18-16(13-28)10-15-11-17(22(23,24)25)12-26-21(15)27-18/h3-4,9-12H,5-8,13H2,1-2H3. The highest BCUT2D eigenvalue weighted by Crippen LogP contribution is 2.31. The quantitative estimate of drug-likeness (QED) is 0.621. The molecular weight excluding hydrogens is 395 g/mol. The van der Waals surface area contributed by atoms with Crippen molar-refractivity contribution in [1.82, 2.24) is 14.9 Å². The maximum absolute atomic E-state index is 13.0. The van der Waals surface area contributed by atoms with E-state index in [2.05, 4.69) is 14.9 Å². The first kappa shape index (κ1) is 20.4. The molecule has 3 aromatic rings. The molecule has 0 aliphatic carbocycles. The highest BCUT2D eigenvalue weighted by atomic mass is 19.4. The number of ether oxygens (including phenoxy) is 2. The molecule has 30 heavy (non-hydrogen) atoms. The molecule has 0 fully saturated rings. The number of benzene rings is 1. The van der Waals surface area contributed by atoms with Gasteiger partial charge in [0.1, 0.15) is 0 Å². The minimum atomic E-state index is -4.41. The normalized spacial score (nSPS) is 14.6. The van der Waals surface area contributed by atoms with Crippen molar-refractivity contribution in [2.24, 2.45) is 0 Å². The minimum absolute atomic E-state index is 0.362. The first-order valence-electron chi connectivity index (χ1n) is 9.66. The Morgan fingerprint density at radius 1 is 1.07 bits per heavy atom. The molecule has 0 radical (unpaired) electrons. The van der Waals surface area contributed by atoms with Gasteiger partial charge in [0.15, 0.2) is 17.1 Å². The summed E-state index contributed by atoms with van der Waals surface area (Å²) in [4.78, 5) is 10.7. The third-order valence-electron chi connectivity index (χ3n) is 5.39. The van der Waals surface area contributed by atoms with Crippen LogP contribution in [0.1, 0.15) is 22.4 Å². The van der Waals surface area contributed by atoms with Crippen LogP contribution in [-0.4, -0.2) is 42.2 Å². The molecule has 0 bridgehead atoms. The summed E-state index contributed by atoms with van der Waals surface area (Å²) in [7, 11) is 3.22. The van der Waals surface area contributed by atoms with Crippen molar-refractivity contribution >= 4 is 11.0 Å². The Bertz CT molecular complexity index is 1070. The fourth-order valence-electron chi connectivity index (χ4n) is 3.75. The molecule has 8 heteroatoms. The zero-order valence-electron chi connectivity index (χ0n) is 16.8. The molecule has 0 saturated heterocycles. The number of rotatable bonds is 5. The number of alkyl halides is 3. The monoisotopic (exact) mass is 417 g/mol. The van der Waals surface area contributed by atoms with E-state index in [0.717, 1.165) is 55.0 Å². The Morgan fingerprint density at radius 2 is 1.87 bits per heavy atom. The predicted octanol–water partition coefficient (Wildman–Crippen LogP) is 4.27. The van der Waals surface area contributed by atoms with Crippen LogP contribution < -0.4 is 9.47 Å². The van der Waals surface area contributed by atoms with Gasteiger partial charge in [-0.25, -0.2) is 9.97 Å². The Balaban J connectivity index is 1.49. The van der Waals surface area contributed by atoms with Crippen molar-refractivity contribution in [2.45, 2.75) is 25.6 Å². The van der Waals surface area contributed by atoms with Gasteiger partial charge in [-0.1, -0.05) is 6.07 Å². The summed E-state index contributed by atoms with van der Waals surface area (Å²) in [6.07, 6.45) is -1.99. The predicted molar refractivity (Wildman–Crippen MR) is 107 cm³/mol. The van der Waals surface area contributed by atoms with E-state index in [1.54, 1.807) is 20.3 Å². The van der Waals surface area contributed by atoms with E-state index in [4.69, 9.17) is 9.47 Å². The number of pyridine rings is 2. The number of hydrogen-bond acceptors (Lipinski definition) is 5. The van der Waals surface area contributed by atoms with Crippen molar-refractivity contribution in [3.05, 3.63) is 58.9 Å². The van der Waals surface area contributed by atoms with Gasteiger partial charge in [-0.05, 0) is 41.8 Å². The average molecular weight is 417 g/mol. The van der Waals surface area contributed by atoms with Gasteiger partial charge in [0.05, 0.1) is 19.8 Å². The van der Waals surface area contributed by atoms with Crippen molar-refractivity contribution < 1.29 is 22.6 Å². The van der Waals surface area contributed by atoms with E-state index in [9.17, 15) is 13.2 Å². The van der Waals surface area contributed by atoms with Gasteiger partial charge in [-0.2, -0.15) is 13.2 Å². The summed E-state index contributed by atoms with van der Waals surface area (Å²) < 4.78 is 49.6. The summed E-state index contributed by atoms with van der Waals surface area (Å²) in [5.74, 6) is 1.39. The number of halogens is 3. The summed E-state index contributed by atoms with van der Waals surface area (Å²) in [5, 5.41) is 0.422. The topological polar surface area (TPSA) is 47.5 Å². The molecule has 1 aromatic carbocycles. The summed E-state index contributed by atoms with van der Waals surface area (Å²) in [5.41, 5.74) is 2.62. The van der Waals surface area contributed by atoms with E-state index >= 15 is 0 Å². The van der Waals surface area contributed by atoms with Gasteiger partial charge in [0.2, 0.25) is 0 Å². The van der Waals surface area contributed by atoms with Crippen molar-refractivity contribution in [3.8, 4) is 11.5 Å². The van der Waals surface area contributed by atoms with E-state index < -0.39 is 11.7 Å². The van der Waals surface area contributed by atoms with Crippen LogP contribution in [0.15, 0.2) is 36.5 Å². The number of aromatic nitrogens is 2. The molecule has 0 spiro atoms. The molecule has 2 aromatic heterocycles. The first-order valence-corrected chi connectivity index (χ1v) is 9.66. The highest BCUT2D eigenvalue weighted by molar-refractivity contribution is 5.76. The molecule has 0 atom stereocenters. The van der Waals surface area contributed by atoms with Crippen LogP contribution in [0.5, 0.6) is 11.5 Å². The molecule has 158 valence electrons. The SMILES string of the molecule is COc1ccc(CCN2CCc3nc4ncc(C(F)(F)F)cc4cc3C2)cc1OC. The van der Waals surface area contributed by atoms with Crippen LogP contribution >= 0.6 is 0 Å². The van der Waals surface area contributed by atoms with Gasteiger partial charge in [-0.15, -0.1) is 0 Å². The van der Waals surface area contributed by atoms with Crippen LogP contribution in [0.4, 0.5) is 13.2 Å². The third-order valence-corrected chi connectivity index (χ3v) is 5.39. The molecule has 5 nitrogen and oxygen atoms in total. The first-order chi connectivity index (χ1) is 14.4. The maximum Gasteiger partial charge on any atom is 0.417 e. The number of nitrogens with zero attached hydrogens (tertiary/aromatic N) is 3. The summed E-state index contributed by atoms with van der Waals surface area (Å²) in [6.45, 7) is 2.33. The zero-order valence-corrected chi connectivity index (χ0v) is 16.8. The molecule has 4 rings (SSSR count). The lowest BCUT2D eigenvalue weighted by Gasteiger charge is -2.28. The fourth-order valence-corrected chi connectivity index (χ4v) is 3.75. The molecule has 0 amide bonds. The Morgan fingerprint density at radius 3 is 2.60 bits per heavy atom. The Hall–Kier alpha value is -2.87. The van der Waals surface area contributed by atoms with Gasteiger partial charge in [0, 0.05) is 43.3 Å². The summed E-state index contributed by atoms with van der Waals surface area (Å²) in [6, 6.07) is 8.79. The maximum atomic E-state index is 13.0. The van der Waals surface area contributed by atoms with E-state index in [1.165, 1.54) is 0 Å². The number of hydrogen-bond donors (Lipinski definition) is 0. The zero-order chi connectivity index (χ0) is 21.3. The summed E-state index contributed by atoms with van der Waals surface area (Å²) >= 11 is 0. The van der Waals surface area contributed by atoms with Gasteiger partial charge in [-0.3, -0.25) is 4.90 Å². The molecule has 0 N–H and O–H groups in total. The molecule has 0 saturated carbocycles. The lowest BCUT2D eigenvalue weighted by molar-refractivity contribution is -0.137. The van der Waals surface area contributed by atoms with Crippen LogP contribution in [0.25, 0.3) is 11.0 Å². The van der Waals surface area contributed by atoms with E-state index in [0.29, 0.717) is 29.1 Å². The number of methoxy groups -OCH3 is 2. The molecule has 1 aliphatic heterocycles. The van der Waals surface area contributed by atoms with E-state index in [1.807, 2.05) is 18.2 Å². The van der Waals surface area contributed by atoms with Gasteiger partial charge >= 0.3 is 6.18 Å². The largest absolute Gasteiger partial charge is 0.493 e. The molecule has 3 heterocycles. The van der Waals surface area contributed by atoms with Gasteiger partial charge < -0.3 is 9.47 Å². The van der Waals surface area contributed by atoms with Crippen LogP contribution in [-0.2, 0) is 25.6 Å². The van der Waals surface area contributed by atoms with Crippen LogP contribution in [0.3, 0.4) is 0 Å². The Labute approximate surface area is 172 Å². The third kappa shape index (κ3) is 4.18. The second kappa shape index (κ2) is 8.10. The van der Waals surface area contributed by atoms with E-state index in [-0.39, 0.29) is 0 Å². The smallest absolute Gasteiger partial charge is 0.417 e. The molecule has 1 aliphatic rings. The average Bonchev–Trinajstić information content (AvgIpc) is 2.74. The van der Waals surface area contributed by atoms with Crippen LogP contribution in [0, 0.1) is 0 Å². The van der Waals surface area contributed by atoms with Crippen molar-refractivity contribution in [3.63, 3.8) is 0 Å². The highest BCUT2D eigenvalue weighted by Gasteiger charge is 2.31. The second-order valence-corrected chi connectivity index (χ2v) is 7.33. The van der Waals surface area contributed by atoms with Gasteiger partial charge in [0.25, 0.3) is 0 Å². The lowest BCUT2D eigenvalue weighted by Crippen LogP contribution is -2.32. The lowest BCUT2D eigenvalue weighted by atomic mass is 10.0.